The Morgan fingerprint density at radius 1 is 1.11 bits per heavy atom. The molecule has 0 aliphatic carbocycles. The lowest BCUT2D eigenvalue weighted by molar-refractivity contribution is -0.384. The van der Waals surface area contributed by atoms with Gasteiger partial charge in [0.1, 0.15) is 6.04 Å². The molecule has 0 radical (unpaired) electrons. The third-order valence-electron chi connectivity index (χ3n) is 4.25. The minimum atomic E-state index is -0.585. The van der Waals surface area contributed by atoms with Gasteiger partial charge in [0, 0.05) is 31.5 Å². The van der Waals surface area contributed by atoms with E-state index in [1.165, 1.54) is 23.9 Å². The molecule has 1 N–H and O–H groups in total. The van der Waals surface area contributed by atoms with Crippen molar-refractivity contribution in [3.05, 3.63) is 75.8 Å². The van der Waals surface area contributed by atoms with Crippen molar-refractivity contribution in [3.63, 3.8) is 0 Å². The van der Waals surface area contributed by atoms with Gasteiger partial charge in [0.25, 0.3) is 5.69 Å². The van der Waals surface area contributed by atoms with Crippen molar-refractivity contribution in [2.75, 3.05) is 12.8 Å². The number of nitro groups is 1. The number of benzene rings is 2. The first-order valence-corrected chi connectivity index (χ1v) is 9.94. The van der Waals surface area contributed by atoms with Crippen LogP contribution < -0.4 is 5.32 Å². The first-order chi connectivity index (χ1) is 13.4. The van der Waals surface area contributed by atoms with Crippen LogP contribution in [-0.2, 0) is 21.9 Å². The van der Waals surface area contributed by atoms with Crippen LogP contribution >= 0.6 is 11.8 Å². The van der Waals surface area contributed by atoms with Gasteiger partial charge in [0.15, 0.2) is 0 Å². The molecule has 0 aliphatic rings. The molecule has 0 aliphatic heterocycles. The molecule has 1 unspecified atom stereocenters. The summed E-state index contributed by atoms with van der Waals surface area (Å²) in [5, 5.41) is 13.3. The zero-order valence-corrected chi connectivity index (χ0v) is 16.6. The zero-order valence-electron chi connectivity index (χ0n) is 15.8. The minimum absolute atomic E-state index is 0.0401. The SMILES string of the molecule is CNC(=O)C(C)N(Cc1ccccc1)C(=O)CSCc1ccc([N+](=O)[O-])cc1. The highest BCUT2D eigenvalue weighted by Gasteiger charge is 2.25. The van der Waals surface area contributed by atoms with Crippen molar-refractivity contribution in [3.8, 4) is 0 Å². The van der Waals surface area contributed by atoms with Gasteiger partial charge >= 0.3 is 0 Å². The molecule has 2 aromatic carbocycles. The third kappa shape index (κ3) is 6.09. The van der Waals surface area contributed by atoms with Crippen LogP contribution in [0.15, 0.2) is 54.6 Å². The van der Waals surface area contributed by atoms with E-state index < -0.39 is 11.0 Å². The van der Waals surface area contributed by atoms with Crippen molar-refractivity contribution >= 4 is 29.3 Å². The standard InChI is InChI=1S/C20H23N3O4S/c1-15(20(25)21-2)22(12-16-6-4-3-5-7-16)19(24)14-28-13-17-8-10-18(11-9-17)23(26)27/h3-11,15H,12-14H2,1-2H3,(H,21,25). The maximum Gasteiger partial charge on any atom is 0.269 e. The van der Waals surface area contributed by atoms with Crippen molar-refractivity contribution in [1.29, 1.82) is 0 Å². The van der Waals surface area contributed by atoms with Gasteiger partial charge < -0.3 is 10.2 Å². The second-order valence-corrected chi connectivity index (χ2v) is 7.20. The maximum absolute atomic E-state index is 12.8. The van der Waals surface area contributed by atoms with E-state index in [4.69, 9.17) is 0 Å². The Kier molecular flexibility index (Phi) is 8.01. The quantitative estimate of drug-likeness (QED) is 0.515. The van der Waals surface area contributed by atoms with Gasteiger partial charge in [-0.2, -0.15) is 0 Å². The second kappa shape index (κ2) is 10.5. The number of rotatable bonds is 9. The fourth-order valence-corrected chi connectivity index (χ4v) is 3.50. The molecule has 1 atom stereocenters. The van der Waals surface area contributed by atoms with E-state index in [1.807, 2.05) is 30.3 Å². The van der Waals surface area contributed by atoms with Crippen LogP contribution in [0.4, 0.5) is 5.69 Å². The fourth-order valence-electron chi connectivity index (χ4n) is 2.62. The van der Waals surface area contributed by atoms with Gasteiger partial charge in [0.2, 0.25) is 11.8 Å². The Balaban J connectivity index is 1.99. The van der Waals surface area contributed by atoms with Crippen LogP contribution in [0.5, 0.6) is 0 Å². The number of hydrogen-bond donors (Lipinski definition) is 1. The number of non-ortho nitro benzene ring substituents is 1. The van der Waals surface area contributed by atoms with Crippen LogP contribution in [0.25, 0.3) is 0 Å². The number of nitrogens with zero attached hydrogens (tertiary/aromatic N) is 2. The molecule has 2 rings (SSSR count). The van der Waals surface area contributed by atoms with Crippen molar-refractivity contribution in [2.24, 2.45) is 0 Å². The Hall–Kier alpha value is -2.87. The molecule has 0 spiro atoms. The van der Waals surface area contributed by atoms with Gasteiger partial charge in [-0.1, -0.05) is 42.5 Å². The molecular weight excluding hydrogens is 378 g/mol. The van der Waals surface area contributed by atoms with Gasteiger partial charge in [0.05, 0.1) is 10.7 Å². The predicted molar refractivity (Wildman–Crippen MR) is 110 cm³/mol. The Labute approximate surface area is 168 Å². The molecule has 0 fully saturated rings. The summed E-state index contributed by atoms with van der Waals surface area (Å²) in [7, 11) is 1.55. The number of thioether (sulfide) groups is 1. The number of hydrogen-bond acceptors (Lipinski definition) is 5. The van der Waals surface area contributed by atoms with Crippen LogP contribution in [0.2, 0.25) is 0 Å². The first kappa shape index (κ1) is 21.4. The molecular formula is C20H23N3O4S. The lowest BCUT2D eigenvalue weighted by atomic mass is 10.1. The van der Waals surface area contributed by atoms with Crippen LogP contribution in [0.1, 0.15) is 18.1 Å². The van der Waals surface area contributed by atoms with E-state index in [0.717, 1.165) is 11.1 Å². The highest BCUT2D eigenvalue weighted by atomic mass is 32.2. The van der Waals surface area contributed by atoms with Crippen LogP contribution in [0, 0.1) is 10.1 Å². The topological polar surface area (TPSA) is 92.6 Å². The lowest BCUT2D eigenvalue weighted by Crippen LogP contribution is -2.47. The van der Waals surface area contributed by atoms with Crippen LogP contribution in [0.3, 0.4) is 0 Å². The smallest absolute Gasteiger partial charge is 0.269 e. The van der Waals surface area contributed by atoms with E-state index in [9.17, 15) is 19.7 Å². The maximum atomic E-state index is 12.8. The van der Waals surface area contributed by atoms with Crippen molar-refractivity contribution in [1.82, 2.24) is 10.2 Å². The molecule has 2 amide bonds. The molecule has 0 heterocycles. The van der Waals surface area contributed by atoms with E-state index in [0.29, 0.717) is 12.3 Å². The van der Waals surface area contributed by atoms with E-state index in [1.54, 1.807) is 31.0 Å². The van der Waals surface area contributed by atoms with Gasteiger partial charge in [-0.15, -0.1) is 11.8 Å². The van der Waals surface area contributed by atoms with Crippen molar-refractivity contribution in [2.45, 2.75) is 25.3 Å². The van der Waals surface area contributed by atoms with Gasteiger partial charge in [-0.05, 0) is 18.1 Å². The molecule has 0 saturated heterocycles. The number of carbonyl (C=O) groups is 2. The summed E-state index contributed by atoms with van der Waals surface area (Å²) in [6.07, 6.45) is 0. The van der Waals surface area contributed by atoms with Crippen molar-refractivity contribution < 1.29 is 14.5 Å². The average molecular weight is 401 g/mol. The largest absolute Gasteiger partial charge is 0.357 e. The molecule has 0 bridgehead atoms. The molecule has 28 heavy (non-hydrogen) atoms. The number of likely N-dealkylation sites (N-methyl/N-ethyl adjacent to an activating group) is 1. The normalized spacial score (nSPS) is 11.5. The molecule has 7 nitrogen and oxygen atoms in total. The summed E-state index contributed by atoms with van der Waals surface area (Å²) in [6.45, 7) is 2.06. The average Bonchev–Trinajstić information content (AvgIpc) is 2.72. The molecule has 2 aromatic rings. The minimum Gasteiger partial charge on any atom is -0.357 e. The summed E-state index contributed by atoms with van der Waals surface area (Å²) in [5.74, 6) is 0.416. The Morgan fingerprint density at radius 2 is 1.75 bits per heavy atom. The summed E-state index contributed by atoms with van der Waals surface area (Å²) < 4.78 is 0. The summed E-state index contributed by atoms with van der Waals surface area (Å²) >= 11 is 1.41. The zero-order chi connectivity index (χ0) is 20.5. The summed E-state index contributed by atoms with van der Waals surface area (Å²) in [5.41, 5.74) is 1.89. The summed E-state index contributed by atoms with van der Waals surface area (Å²) in [4.78, 5) is 36.7. The van der Waals surface area contributed by atoms with Crippen LogP contribution in [-0.4, -0.2) is 40.5 Å². The molecule has 8 heteroatoms. The molecule has 0 saturated carbocycles. The Morgan fingerprint density at radius 3 is 2.32 bits per heavy atom. The molecule has 0 aromatic heterocycles. The summed E-state index contributed by atoms with van der Waals surface area (Å²) in [6, 6.07) is 15.2. The third-order valence-corrected chi connectivity index (χ3v) is 5.24. The number of carbonyl (C=O) groups excluding carboxylic acids is 2. The van der Waals surface area contributed by atoms with Gasteiger partial charge in [-0.25, -0.2) is 0 Å². The van der Waals surface area contributed by atoms with E-state index >= 15 is 0 Å². The number of nitrogens with one attached hydrogen (secondary N) is 1. The predicted octanol–water partition coefficient (Wildman–Crippen LogP) is 2.99. The number of amides is 2. The highest BCUT2D eigenvalue weighted by Crippen LogP contribution is 2.18. The first-order valence-electron chi connectivity index (χ1n) is 8.78. The monoisotopic (exact) mass is 401 g/mol. The van der Waals surface area contributed by atoms with E-state index in [-0.39, 0.29) is 23.3 Å². The fraction of sp³-hybridized carbons (Fsp3) is 0.300. The molecule has 148 valence electrons. The number of nitro benzene ring substituents is 1. The van der Waals surface area contributed by atoms with Gasteiger partial charge in [-0.3, -0.25) is 19.7 Å². The second-order valence-electron chi connectivity index (χ2n) is 6.21. The lowest BCUT2D eigenvalue weighted by Gasteiger charge is -2.28. The highest BCUT2D eigenvalue weighted by molar-refractivity contribution is 7.99. The van der Waals surface area contributed by atoms with E-state index in [2.05, 4.69) is 5.32 Å². The Bertz CT molecular complexity index is 812.